The molecular formula is C15H17N5O. The van der Waals surface area contributed by atoms with Crippen molar-refractivity contribution < 1.29 is 4.79 Å². The first-order valence-corrected chi connectivity index (χ1v) is 7.18. The summed E-state index contributed by atoms with van der Waals surface area (Å²) in [5.41, 5.74) is 8.58. The maximum Gasteiger partial charge on any atom is 0.270 e. The van der Waals surface area contributed by atoms with Crippen LogP contribution >= 0.6 is 0 Å². The lowest BCUT2D eigenvalue weighted by Crippen LogP contribution is -2.47. The van der Waals surface area contributed by atoms with Crippen LogP contribution in [0.1, 0.15) is 29.8 Å². The van der Waals surface area contributed by atoms with Crippen LogP contribution in [-0.2, 0) is 0 Å². The molecule has 6 heteroatoms. The number of nitrogens with two attached hydrogens (primary N) is 1. The van der Waals surface area contributed by atoms with Crippen LogP contribution in [0.15, 0.2) is 30.7 Å². The van der Waals surface area contributed by atoms with Crippen molar-refractivity contribution in [1.29, 1.82) is 0 Å². The van der Waals surface area contributed by atoms with Crippen molar-refractivity contribution in [1.82, 2.24) is 20.5 Å². The van der Waals surface area contributed by atoms with Gasteiger partial charge in [-0.3, -0.25) is 14.9 Å². The van der Waals surface area contributed by atoms with Gasteiger partial charge in [-0.05, 0) is 30.7 Å². The van der Waals surface area contributed by atoms with E-state index < -0.39 is 0 Å². The molecule has 0 radical (unpaired) electrons. The first-order valence-electron chi connectivity index (χ1n) is 7.18. The van der Waals surface area contributed by atoms with Gasteiger partial charge in [0.1, 0.15) is 5.69 Å². The normalized spacial score (nSPS) is 30.0. The fourth-order valence-electron chi connectivity index (χ4n) is 3.24. The van der Waals surface area contributed by atoms with Crippen molar-refractivity contribution in [2.24, 2.45) is 11.1 Å². The Labute approximate surface area is 122 Å². The van der Waals surface area contributed by atoms with Gasteiger partial charge in [-0.15, -0.1) is 0 Å². The number of carbonyl (C=O) groups excluding carboxylic acids is 1. The van der Waals surface area contributed by atoms with Crippen molar-refractivity contribution in [2.75, 3.05) is 0 Å². The van der Waals surface area contributed by atoms with Crippen molar-refractivity contribution in [2.45, 2.75) is 31.3 Å². The topological polar surface area (TPSA) is 96.7 Å². The number of H-pyrrole nitrogens is 1. The summed E-state index contributed by atoms with van der Waals surface area (Å²) in [7, 11) is 0. The Morgan fingerprint density at radius 1 is 1.29 bits per heavy atom. The number of hydrogen-bond acceptors (Lipinski definition) is 4. The molecule has 2 fully saturated rings. The van der Waals surface area contributed by atoms with Gasteiger partial charge in [0, 0.05) is 35.6 Å². The third kappa shape index (κ3) is 2.12. The first-order chi connectivity index (χ1) is 10.2. The molecule has 21 heavy (non-hydrogen) atoms. The second-order valence-electron chi connectivity index (χ2n) is 6.17. The zero-order valence-corrected chi connectivity index (χ0v) is 11.5. The monoisotopic (exact) mass is 283 g/mol. The van der Waals surface area contributed by atoms with Gasteiger partial charge in [-0.2, -0.15) is 5.10 Å². The fraction of sp³-hybridized carbons (Fsp3) is 0.400. The van der Waals surface area contributed by atoms with E-state index in [1.807, 2.05) is 6.07 Å². The zero-order valence-electron chi connectivity index (χ0n) is 11.5. The molecule has 4 rings (SSSR count). The molecule has 6 nitrogen and oxygen atoms in total. The lowest BCUT2D eigenvalue weighted by Gasteiger charge is -2.36. The van der Waals surface area contributed by atoms with Crippen LogP contribution in [0.4, 0.5) is 0 Å². The highest BCUT2D eigenvalue weighted by atomic mass is 16.1. The second-order valence-corrected chi connectivity index (χ2v) is 6.17. The Kier molecular flexibility index (Phi) is 2.62. The van der Waals surface area contributed by atoms with E-state index in [-0.39, 0.29) is 11.9 Å². The summed E-state index contributed by atoms with van der Waals surface area (Å²) in [6, 6.07) is 4.22. The molecule has 0 aliphatic heterocycles. The predicted octanol–water partition coefficient (Wildman–Crippen LogP) is 1.08. The maximum atomic E-state index is 12.1. The number of carbonyl (C=O) groups is 1. The van der Waals surface area contributed by atoms with Crippen molar-refractivity contribution in [3.63, 3.8) is 0 Å². The summed E-state index contributed by atoms with van der Waals surface area (Å²) in [5.74, 6) is -0.109. The quantitative estimate of drug-likeness (QED) is 0.785. The Balaban J connectivity index is 1.39. The number of aromatic nitrogens is 3. The van der Waals surface area contributed by atoms with E-state index in [4.69, 9.17) is 5.73 Å². The average Bonchev–Trinajstić information content (AvgIpc) is 2.91. The number of hydrogen-bond donors (Lipinski definition) is 3. The van der Waals surface area contributed by atoms with Crippen LogP contribution in [-0.4, -0.2) is 33.2 Å². The lowest BCUT2D eigenvalue weighted by molar-refractivity contribution is 0.0868. The standard InChI is InChI=1S/C15H17N5O/c16-13-5-15(13)3-11(4-15)20-14(21)12-2-1-9(6-17-12)10-7-18-19-8-10/h1-2,6-8,11,13H,3-5,16H2,(H,18,19)(H,20,21). The molecule has 4 N–H and O–H groups in total. The van der Waals surface area contributed by atoms with Gasteiger partial charge in [0.2, 0.25) is 0 Å². The number of nitrogens with zero attached hydrogens (tertiary/aromatic N) is 2. The number of pyridine rings is 1. The highest BCUT2D eigenvalue weighted by molar-refractivity contribution is 5.92. The van der Waals surface area contributed by atoms with Gasteiger partial charge in [0.25, 0.3) is 5.91 Å². The molecule has 2 aliphatic rings. The van der Waals surface area contributed by atoms with Gasteiger partial charge >= 0.3 is 0 Å². The minimum Gasteiger partial charge on any atom is -0.348 e. The van der Waals surface area contributed by atoms with E-state index in [1.165, 1.54) is 0 Å². The molecule has 108 valence electrons. The van der Waals surface area contributed by atoms with Crippen molar-refractivity contribution >= 4 is 5.91 Å². The molecular weight excluding hydrogens is 266 g/mol. The van der Waals surface area contributed by atoms with Crippen molar-refractivity contribution in [3.05, 3.63) is 36.4 Å². The molecule has 2 aliphatic carbocycles. The Bertz CT molecular complexity index is 658. The van der Waals surface area contributed by atoms with E-state index in [0.717, 1.165) is 30.4 Å². The Morgan fingerprint density at radius 2 is 2.10 bits per heavy atom. The minimum absolute atomic E-state index is 0.109. The molecule has 0 saturated heterocycles. The molecule has 1 amide bonds. The molecule has 0 bridgehead atoms. The molecule has 2 heterocycles. The van der Waals surface area contributed by atoms with Gasteiger partial charge in [0.15, 0.2) is 0 Å². The van der Waals surface area contributed by atoms with Crippen LogP contribution in [0.25, 0.3) is 11.1 Å². The van der Waals surface area contributed by atoms with Gasteiger partial charge < -0.3 is 11.1 Å². The molecule has 1 unspecified atom stereocenters. The molecule has 1 atom stereocenters. The van der Waals surface area contributed by atoms with Crippen LogP contribution in [0.5, 0.6) is 0 Å². The molecule has 1 spiro atoms. The fourth-order valence-corrected chi connectivity index (χ4v) is 3.24. The summed E-state index contributed by atoms with van der Waals surface area (Å²) in [6.07, 6.45) is 8.34. The van der Waals surface area contributed by atoms with Gasteiger partial charge in [-0.25, -0.2) is 0 Å². The molecule has 2 aromatic heterocycles. The number of nitrogens with one attached hydrogen (secondary N) is 2. The number of aromatic amines is 1. The third-order valence-electron chi connectivity index (χ3n) is 4.72. The summed E-state index contributed by atoms with van der Waals surface area (Å²) in [5, 5.41) is 9.68. The van der Waals surface area contributed by atoms with Crippen molar-refractivity contribution in [3.8, 4) is 11.1 Å². The van der Waals surface area contributed by atoms with E-state index in [9.17, 15) is 4.79 Å². The minimum atomic E-state index is -0.109. The second kappa shape index (κ2) is 4.39. The summed E-state index contributed by atoms with van der Waals surface area (Å²) >= 11 is 0. The Morgan fingerprint density at radius 3 is 2.67 bits per heavy atom. The van der Waals surface area contributed by atoms with Gasteiger partial charge in [0.05, 0.1) is 6.20 Å². The highest BCUT2D eigenvalue weighted by Crippen LogP contribution is 2.59. The van der Waals surface area contributed by atoms with E-state index in [1.54, 1.807) is 24.7 Å². The predicted molar refractivity (Wildman–Crippen MR) is 77.3 cm³/mol. The SMILES string of the molecule is NC1CC12CC(NC(=O)c1ccc(-c3cn[nH]c3)cn1)C2. The van der Waals surface area contributed by atoms with Crippen LogP contribution < -0.4 is 11.1 Å². The average molecular weight is 283 g/mol. The summed E-state index contributed by atoms with van der Waals surface area (Å²) in [4.78, 5) is 16.4. The molecule has 2 saturated carbocycles. The zero-order chi connectivity index (χ0) is 14.4. The maximum absolute atomic E-state index is 12.1. The summed E-state index contributed by atoms with van der Waals surface area (Å²) in [6.45, 7) is 0. The van der Waals surface area contributed by atoms with E-state index >= 15 is 0 Å². The largest absolute Gasteiger partial charge is 0.348 e. The number of amides is 1. The smallest absolute Gasteiger partial charge is 0.270 e. The Hall–Kier alpha value is -2.21. The molecule has 2 aromatic rings. The lowest BCUT2D eigenvalue weighted by atomic mass is 9.76. The van der Waals surface area contributed by atoms with Crippen LogP contribution in [0.2, 0.25) is 0 Å². The van der Waals surface area contributed by atoms with E-state index in [2.05, 4.69) is 20.5 Å². The van der Waals surface area contributed by atoms with Gasteiger partial charge in [-0.1, -0.05) is 6.07 Å². The first kappa shape index (κ1) is 12.5. The highest BCUT2D eigenvalue weighted by Gasteiger charge is 2.60. The van der Waals surface area contributed by atoms with E-state index in [0.29, 0.717) is 17.2 Å². The molecule has 0 aromatic carbocycles. The number of rotatable bonds is 3. The summed E-state index contributed by atoms with van der Waals surface area (Å²) < 4.78 is 0. The third-order valence-corrected chi connectivity index (χ3v) is 4.72. The van der Waals surface area contributed by atoms with Crippen LogP contribution in [0, 0.1) is 5.41 Å². The van der Waals surface area contributed by atoms with Crippen LogP contribution in [0.3, 0.4) is 0 Å².